The third kappa shape index (κ3) is 3.61. The van der Waals surface area contributed by atoms with Gasteiger partial charge in [-0.05, 0) is 28.8 Å². The van der Waals surface area contributed by atoms with E-state index >= 15 is 0 Å². The summed E-state index contributed by atoms with van der Waals surface area (Å²) in [5.41, 5.74) is 0.526. The molecule has 0 aromatic carbocycles. The first kappa shape index (κ1) is 14.8. The molecule has 1 heterocycles. The van der Waals surface area contributed by atoms with Gasteiger partial charge in [0.15, 0.2) is 0 Å². The molecule has 0 saturated carbocycles. The smallest absolute Gasteiger partial charge is 0.283 e. The van der Waals surface area contributed by atoms with Crippen LogP contribution in [0.2, 0.25) is 0 Å². The number of nitrogens with one attached hydrogen (secondary N) is 1. The standard InChI is InChI=1S/C13H18BrN3O/c1-4-7-8-17-13(18)12(14)11(9-15-17)16-10(5-2)6-3/h2,9-10,16H,4,6-8H2,1,3H3. The summed E-state index contributed by atoms with van der Waals surface area (Å²) in [4.78, 5) is 12.0. The highest BCUT2D eigenvalue weighted by Crippen LogP contribution is 2.17. The zero-order valence-corrected chi connectivity index (χ0v) is 12.3. The van der Waals surface area contributed by atoms with Gasteiger partial charge in [-0.3, -0.25) is 4.79 Å². The molecule has 0 aliphatic carbocycles. The molecule has 0 aliphatic rings. The average Bonchev–Trinajstić information content (AvgIpc) is 2.39. The van der Waals surface area contributed by atoms with Gasteiger partial charge in [0.05, 0.1) is 17.9 Å². The quantitative estimate of drug-likeness (QED) is 0.822. The van der Waals surface area contributed by atoms with Crippen LogP contribution in [0.4, 0.5) is 5.69 Å². The number of hydrogen-bond donors (Lipinski definition) is 1. The molecule has 0 fully saturated rings. The lowest BCUT2D eigenvalue weighted by atomic mass is 10.2. The molecule has 1 aromatic rings. The van der Waals surface area contributed by atoms with Crippen LogP contribution < -0.4 is 10.9 Å². The molecular weight excluding hydrogens is 294 g/mol. The van der Waals surface area contributed by atoms with E-state index in [4.69, 9.17) is 6.42 Å². The van der Waals surface area contributed by atoms with Crippen LogP contribution in [0.5, 0.6) is 0 Å². The van der Waals surface area contributed by atoms with Gasteiger partial charge in [-0.25, -0.2) is 4.68 Å². The summed E-state index contributed by atoms with van der Waals surface area (Å²) in [6.07, 6.45) is 9.78. The molecular formula is C13H18BrN3O. The van der Waals surface area contributed by atoms with Crippen LogP contribution in [0.3, 0.4) is 0 Å². The number of nitrogens with zero attached hydrogens (tertiary/aromatic N) is 2. The lowest BCUT2D eigenvalue weighted by Gasteiger charge is -2.14. The molecule has 0 amide bonds. The summed E-state index contributed by atoms with van der Waals surface area (Å²) >= 11 is 3.31. The van der Waals surface area contributed by atoms with Crippen LogP contribution in [0.15, 0.2) is 15.5 Å². The number of halogens is 1. The van der Waals surface area contributed by atoms with E-state index in [2.05, 4.69) is 39.2 Å². The van der Waals surface area contributed by atoms with Crippen molar-refractivity contribution in [3.8, 4) is 12.3 Å². The van der Waals surface area contributed by atoms with Crippen molar-refractivity contribution in [1.29, 1.82) is 0 Å². The Morgan fingerprint density at radius 2 is 2.33 bits per heavy atom. The molecule has 1 atom stereocenters. The molecule has 0 saturated heterocycles. The zero-order chi connectivity index (χ0) is 13.5. The van der Waals surface area contributed by atoms with E-state index in [-0.39, 0.29) is 11.6 Å². The Bertz CT molecular complexity index is 490. The summed E-state index contributed by atoms with van der Waals surface area (Å²) in [7, 11) is 0. The van der Waals surface area contributed by atoms with E-state index in [0.29, 0.717) is 16.7 Å². The van der Waals surface area contributed by atoms with E-state index in [0.717, 1.165) is 19.3 Å². The average molecular weight is 312 g/mol. The largest absolute Gasteiger partial charge is 0.369 e. The van der Waals surface area contributed by atoms with Crippen molar-refractivity contribution < 1.29 is 0 Å². The van der Waals surface area contributed by atoms with E-state index in [1.54, 1.807) is 6.20 Å². The second kappa shape index (κ2) is 7.22. The molecule has 0 bridgehead atoms. The van der Waals surface area contributed by atoms with E-state index in [1.165, 1.54) is 4.68 Å². The van der Waals surface area contributed by atoms with Gasteiger partial charge >= 0.3 is 0 Å². The summed E-state index contributed by atoms with van der Waals surface area (Å²) in [5.74, 6) is 2.63. The molecule has 0 aliphatic heterocycles. The summed E-state index contributed by atoms with van der Waals surface area (Å²) in [6.45, 7) is 4.71. The van der Waals surface area contributed by atoms with Gasteiger partial charge in [0.1, 0.15) is 4.47 Å². The highest BCUT2D eigenvalue weighted by Gasteiger charge is 2.10. The maximum atomic E-state index is 12.0. The number of unbranched alkanes of at least 4 members (excludes halogenated alkanes) is 1. The van der Waals surface area contributed by atoms with Crippen molar-refractivity contribution in [1.82, 2.24) is 9.78 Å². The Hall–Kier alpha value is -1.28. The normalized spacial score (nSPS) is 11.9. The Labute approximate surface area is 116 Å². The van der Waals surface area contributed by atoms with Crippen molar-refractivity contribution in [2.45, 2.75) is 45.7 Å². The molecule has 1 aromatic heterocycles. The summed E-state index contributed by atoms with van der Waals surface area (Å²) < 4.78 is 1.96. The van der Waals surface area contributed by atoms with Crippen molar-refractivity contribution in [3.05, 3.63) is 21.0 Å². The zero-order valence-electron chi connectivity index (χ0n) is 10.7. The molecule has 1 rings (SSSR count). The summed E-state index contributed by atoms with van der Waals surface area (Å²) in [6, 6.07) is -0.0889. The topological polar surface area (TPSA) is 46.9 Å². The molecule has 18 heavy (non-hydrogen) atoms. The lowest BCUT2D eigenvalue weighted by molar-refractivity contribution is 0.541. The van der Waals surface area contributed by atoms with E-state index < -0.39 is 0 Å². The van der Waals surface area contributed by atoms with Gasteiger partial charge in [-0.1, -0.05) is 26.2 Å². The van der Waals surface area contributed by atoms with Crippen LogP contribution in [-0.4, -0.2) is 15.8 Å². The SMILES string of the molecule is C#CC(CC)Nc1cnn(CCCC)c(=O)c1Br. The number of hydrogen-bond acceptors (Lipinski definition) is 3. The Balaban J connectivity index is 2.94. The van der Waals surface area contributed by atoms with Crippen LogP contribution in [0, 0.1) is 12.3 Å². The van der Waals surface area contributed by atoms with E-state index in [1.807, 2.05) is 6.92 Å². The maximum absolute atomic E-state index is 12.0. The number of aryl methyl sites for hydroxylation is 1. The first-order chi connectivity index (χ1) is 8.63. The van der Waals surface area contributed by atoms with Crippen LogP contribution >= 0.6 is 15.9 Å². The summed E-state index contributed by atoms with van der Waals surface area (Å²) in [5, 5.41) is 7.25. The third-order valence-electron chi connectivity index (χ3n) is 2.65. The minimum atomic E-state index is -0.125. The fourth-order valence-corrected chi connectivity index (χ4v) is 1.90. The minimum absolute atomic E-state index is 0.0889. The first-order valence-electron chi connectivity index (χ1n) is 6.12. The van der Waals surface area contributed by atoms with Gasteiger partial charge < -0.3 is 5.32 Å². The van der Waals surface area contributed by atoms with E-state index in [9.17, 15) is 4.79 Å². The monoisotopic (exact) mass is 311 g/mol. The third-order valence-corrected chi connectivity index (χ3v) is 3.41. The number of rotatable bonds is 6. The van der Waals surface area contributed by atoms with Crippen molar-refractivity contribution in [3.63, 3.8) is 0 Å². The second-order valence-corrected chi connectivity index (χ2v) is 4.82. The number of aromatic nitrogens is 2. The minimum Gasteiger partial charge on any atom is -0.369 e. The van der Waals surface area contributed by atoms with Crippen molar-refractivity contribution >= 4 is 21.6 Å². The molecule has 0 radical (unpaired) electrons. The molecule has 5 heteroatoms. The molecule has 4 nitrogen and oxygen atoms in total. The molecule has 1 unspecified atom stereocenters. The van der Waals surface area contributed by atoms with Crippen molar-refractivity contribution in [2.24, 2.45) is 0 Å². The predicted molar refractivity (Wildman–Crippen MR) is 77.6 cm³/mol. The molecule has 98 valence electrons. The van der Waals surface area contributed by atoms with Gasteiger partial charge in [-0.15, -0.1) is 6.42 Å². The fourth-order valence-electron chi connectivity index (χ4n) is 1.48. The number of anilines is 1. The number of terminal acetylenes is 1. The van der Waals surface area contributed by atoms with Crippen molar-refractivity contribution in [2.75, 3.05) is 5.32 Å². The van der Waals surface area contributed by atoms with Crippen LogP contribution in [0.1, 0.15) is 33.1 Å². The first-order valence-corrected chi connectivity index (χ1v) is 6.91. The maximum Gasteiger partial charge on any atom is 0.283 e. The highest BCUT2D eigenvalue weighted by atomic mass is 79.9. The highest BCUT2D eigenvalue weighted by molar-refractivity contribution is 9.10. The molecule has 0 spiro atoms. The molecule has 1 N–H and O–H groups in total. The second-order valence-electron chi connectivity index (χ2n) is 4.03. The van der Waals surface area contributed by atoms with Gasteiger partial charge in [0.25, 0.3) is 5.56 Å². The van der Waals surface area contributed by atoms with Gasteiger partial charge in [0, 0.05) is 6.54 Å². The van der Waals surface area contributed by atoms with Gasteiger partial charge in [-0.2, -0.15) is 5.10 Å². The van der Waals surface area contributed by atoms with Gasteiger partial charge in [0.2, 0.25) is 0 Å². The van der Waals surface area contributed by atoms with Crippen LogP contribution in [-0.2, 0) is 6.54 Å². The predicted octanol–water partition coefficient (Wildman–Crippen LogP) is 2.63. The Morgan fingerprint density at radius 3 is 2.89 bits per heavy atom. The fraction of sp³-hybridized carbons (Fsp3) is 0.538. The van der Waals surface area contributed by atoms with Crippen LogP contribution in [0.25, 0.3) is 0 Å². The Kier molecular flexibility index (Phi) is 5.93. The Morgan fingerprint density at radius 1 is 1.61 bits per heavy atom. The lowest BCUT2D eigenvalue weighted by Crippen LogP contribution is -2.26.